The smallest absolute Gasteiger partial charge is 0.349 e. The number of rotatable bonds is 9. The van der Waals surface area contributed by atoms with Crippen LogP contribution in [0.5, 0.6) is 11.5 Å². The van der Waals surface area contributed by atoms with Crippen LogP contribution in [0.2, 0.25) is 0 Å². The Hall–Kier alpha value is -4.20. The van der Waals surface area contributed by atoms with E-state index in [1.54, 1.807) is 18.2 Å². The molecule has 3 aromatic carbocycles. The molecule has 0 aromatic heterocycles. The first-order valence-electron chi connectivity index (χ1n) is 9.41. The molecule has 0 aliphatic rings. The Morgan fingerprint density at radius 1 is 0.903 bits per heavy atom. The van der Waals surface area contributed by atoms with E-state index in [1.165, 1.54) is 30.3 Å². The first kappa shape index (κ1) is 21.5. The number of para-hydroxylation sites is 2. The van der Waals surface area contributed by atoms with E-state index in [0.29, 0.717) is 6.42 Å². The zero-order valence-corrected chi connectivity index (χ0v) is 16.4. The topological polar surface area (TPSA) is 105 Å². The molecule has 0 spiro atoms. The Balaban J connectivity index is 1.52. The first-order chi connectivity index (χ1) is 15.0. The maximum atomic E-state index is 12.2. The van der Waals surface area contributed by atoms with Crippen LogP contribution in [0.3, 0.4) is 0 Å². The lowest BCUT2D eigenvalue weighted by molar-refractivity contribution is -0.385. The minimum atomic E-state index is -0.771. The predicted octanol–water partition coefficient (Wildman–Crippen LogP) is 3.98. The molecule has 0 radical (unpaired) electrons. The summed E-state index contributed by atoms with van der Waals surface area (Å²) in [4.78, 5) is 34.7. The molecule has 0 heterocycles. The van der Waals surface area contributed by atoms with Gasteiger partial charge in [-0.05, 0) is 29.8 Å². The lowest BCUT2D eigenvalue weighted by Gasteiger charge is -2.09. The Morgan fingerprint density at radius 2 is 1.65 bits per heavy atom. The molecule has 0 aliphatic heterocycles. The van der Waals surface area contributed by atoms with Crippen molar-refractivity contribution in [3.63, 3.8) is 0 Å². The third kappa shape index (κ3) is 6.40. The maximum Gasteiger partial charge on any atom is 0.349 e. The molecule has 0 fully saturated rings. The van der Waals surface area contributed by atoms with Gasteiger partial charge in [0.25, 0.3) is 0 Å². The van der Waals surface area contributed by atoms with E-state index in [1.807, 2.05) is 30.3 Å². The molecule has 31 heavy (non-hydrogen) atoms. The van der Waals surface area contributed by atoms with Gasteiger partial charge in [-0.1, -0.05) is 48.5 Å². The monoisotopic (exact) mass is 421 g/mol. The number of hydrogen-bond donors (Lipinski definition) is 0. The number of nitrogens with zero attached hydrogens (tertiary/aromatic N) is 1. The highest BCUT2D eigenvalue weighted by molar-refractivity contribution is 5.90. The predicted molar refractivity (Wildman–Crippen MR) is 111 cm³/mol. The molecule has 0 unspecified atom stereocenters. The largest absolute Gasteiger partial charge is 0.475 e. The third-order valence-corrected chi connectivity index (χ3v) is 4.18. The highest BCUT2D eigenvalue weighted by Gasteiger charge is 2.16. The summed E-state index contributed by atoms with van der Waals surface area (Å²) in [6.07, 6.45) is 0.588. The van der Waals surface area contributed by atoms with Gasteiger partial charge in [0.2, 0.25) is 0 Å². The fourth-order valence-corrected chi connectivity index (χ4v) is 2.70. The zero-order chi connectivity index (χ0) is 22.1. The SMILES string of the molecule is O=C(COc1ccccc1[N+](=O)[O-])Oc1cccc(C(=O)OCCc2ccccc2)c1. The number of nitro benzene ring substituents is 1. The van der Waals surface area contributed by atoms with Gasteiger partial charge in [0, 0.05) is 12.5 Å². The van der Waals surface area contributed by atoms with E-state index in [0.717, 1.165) is 5.56 Å². The number of esters is 2. The van der Waals surface area contributed by atoms with Gasteiger partial charge in [-0.3, -0.25) is 10.1 Å². The van der Waals surface area contributed by atoms with Crippen LogP contribution in [-0.2, 0) is 16.0 Å². The van der Waals surface area contributed by atoms with Crippen molar-refractivity contribution in [3.8, 4) is 11.5 Å². The Labute approximate surface area is 178 Å². The number of carbonyl (C=O) groups excluding carboxylic acids is 2. The van der Waals surface area contributed by atoms with Crippen LogP contribution in [0.25, 0.3) is 0 Å². The molecule has 158 valence electrons. The molecular formula is C23H19NO7. The summed E-state index contributed by atoms with van der Waals surface area (Å²) in [6, 6.07) is 21.3. The number of benzene rings is 3. The Morgan fingerprint density at radius 3 is 2.42 bits per heavy atom. The third-order valence-electron chi connectivity index (χ3n) is 4.18. The maximum absolute atomic E-state index is 12.2. The zero-order valence-electron chi connectivity index (χ0n) is 16.4. The normalized spacial score (nSPS) is 10.2. The first-order valence-corrected chi connectivity index (χ1v) is 9.41. The van der Waals surface area contributed by atoms with Gasteiger partial charge in [0.15, 0.2) is 12.4 Å². The Bertz CT molecular complexity index is 1070. The van der Waals surface area contributed by atoms with E-state index >= 15 is 0 Å². The van der Waals surface area contributed by atoms with Crippen LogP contribution in [0.15, 0.2) is 78.9 Å². The van der Waals surface area contributed by atoms with Crippen molar-refractivity contribution in [3.05, 3.63) is 100 Å². The van der Waals surface area contributed by atoms with Gasteiger partial charge in [-0.25, -0.2) is 9.59 Å². The van der Waals surface area contributed by atoms with Crippen LogP contribution < -0.4 is 9.47 Å². The molecule has 0 saturated heterocycles. The molecule has 0 saturated carbocycles. The van der Waals surface area contributed by atoms with Crippen LogP contribution in [0.4, 0.5) is 5.69 Å². The van der Waals surface area contributed by atoms with E-state index in [-0.39, 0.29) is 29.4 Å². The molecule has 0 atom stereocenters. The van der Waals surface area contributed by atoms with Crippen molar-refractivity contribution in [1.82, 2.24) is 0 Å². The quantitative estimate of drug-likeness (QED) is 0.223. The van der Waals surface area contributed by atoms with E-state index in [2.05, 4.69) is 0 Å². The summed E-state index contributed by atoms with van der Waals surface area (Å²) in [5, 5.41) is 11.0. The molecule has 8 heteroatoms. The van der Waals surface area contributed by atoms with Crippen molar-refractivity contribution < 1.29 is 28.7 Å². The lowest BCUT2D eigenvalue weighted by Crippen LogP contribution is -2.18. The highest BCUT2D eigenvalue weighted by atomic mass is 16.6. The average Bonchev–Trinajstić information content (AvgIpc) is 2.78. The molecule has 3 rings (SSSR count). The number of ether oxygens (including phenoxy) is 3. The van der Waals surface area contributed by atoms with Gasteiger partial charge in [0.05, 0.1) is 17.1 Å². The van der Waals surface area contributed by atoms with Gasteiger partial charge < -0.3 is 14.2 Å². The van der Waals surface area contributed by atoms with Gasteiger partial charge in [0.1, 0.15) is 5.75 Å². The van der Waals surface area contributed by atoms with Crippen molar-refractivity contribution in [1.29, 1.82) is 0 Å². The summed E-state index contributed by atoms with van der Waals surface area (Å²) in [5.41, 5.74) is 1.03. The van der Waals surface area contributed by atoms with Gasteiger partial charge in [-0.2, -0.15) is 0 Å². The van der Waals surface area contributed by atoms with Gasteiger partial charge >= 0.3 is 17.6 Å². The van der Waals surface area contributed by atoms with Crippen molar-refractivity contribution in [2.24, 2.45) is 0 Å². The van der Waals surface area contributed by atoms with E-state index in [9.17, 15) is 19.7 Å². The standard InChI is InChI=1S/C23H19NO7/c25-22(16-30-21-12-5-4-11-20(21)24(27)28)31-19-10-6-9-18(15-19)23(26)29-14-13-17-7-2-1-3-8-17/h1-12,15H,13-14,16H2. The number of carbonyl (C=O) groups is 2. The van der Waals surface area contributed by atoms with Crippen molar-refractivity contribution in [2.45, 2.75) is 6.42 Å². The average molecular weight is 421 g/mol. The van der Waals surface area contributed by atoms with Crippen LogP contribution >= 0.6 is 0 Å². The van der Waals surface area contributed by atoms with Crippen LogP contribution in [-0.4, -0.2) is 30.1 Å². The van der Waals surface area contributed by atoms with Crippen molar-refractivity contribution in [2.75, 3.05) is 13.2 Å². The van der Waals surface area contributed by atoms with Crippen LogP contribution in [0.1, 0.15) is 15.9 Å². The summed E-state index contributed by atoms with van der Waals surface area (Å²) < 4.78 is 15.6. The second kappa shape index (κ2) is 10.5. The Kier molecular flexibility index (Phi) is 7.31. The minimum absolute atomic E-state index is 0.0415. The molecule has 0 aliphatic carbocycles. The van der Waals surface area contributed by atoms with E-state index < -0.39 is 23.5 Å². The second-order valence-electron chi connectivity index (χ2n) is 6.39. The summed E-state index contributed by atoms with van der Waals surface area (Å²) in [5.74, 6) is -1.22. The number of hydrogen-bond acceptors (Lipinski definition) is 7. The molecule has 8 nitrogen and oxygen atoms in total. The molecule has 0 amide bonds. The molecule has 0 bridgehead atoms. The fraction of sp³-hybridized carbons (Fsp3) is 0.130. The summed E-state index contributed by atoms with van der Waals surface area (Å²) in [7, 11) is 0. The van der Waals surface area contributed by atoms with E-state index in [4.69, 9.17) is 14.2 Å². The summed E-state index contributed by atoms with van der Waals surface area (Å²) in [6.45, 7) is -0.312. The molecular weight excluding hydrogens is 402 g/mol. The van der Waals surface area contributed by atoms with Crippen LogP contribution in [0, 0.1) is 10.1 Å². The van der Waals surface area contributed by atoms with Gasteiger partial charge in [-0.15, -0.1) is 0 Å². The second-order valence-corrected chi connectivity index (χ2v) is 6.39. The highest BCUT2D eigenvalue weighted by Crippen LogP contribution is 2.25. The number of nitro groups is 1. The minimum Gasteiger partial charge on any atom is -0.475 e. The lowest BCUT2D eigenvalue weighted by atomic mass is 10.2. The molecule has 3 aromatic rings. The summed E-state index contributed by atoms with van der Waals surface area (Å²) >= 11 is 0. The van der Waals surface area contributed by atoms with Crippen molar-refractivity contribution >= 4 is 17.6 Å². The molecule has 0 N–H and O–H groups in total. The fourth-order valence-electron chi connectivity index (χ4n) is 2.70.